The van der Waals surface area contributed by atoms with Gasteiger partial charge in [-0.15, -0.1) is 0 Å². The first-order valence-corrected chi connectivity index (χ1v) is 5.20. The van der Waals surface area contributed by atoms with Crippen molar-refractivity contribution in [3.63, 3.8) is 0 Å². The molecule has 4 N–H and O–H groups in total. The number of nitrogens with zero attached hydrogens (tertiary/aromatic N) is 2. The van der Waals surface area contributed by atoms with Crippen LogP contribution in [0.3, 0.4) is 0 Å². The van der Waals surface area contributed by atoms with Gasteiger partial charge in [0.05, 0.1) is 12.1 Å². The Labute approximate surface area is 100 Å². The number of nitriles is 2. The van der Waals surface area contributed by atoms with Crippen LogP contribution in [-0.2, 0) is 9.59 Å². The molecule has 0 bridgehead atoms. The lowest BCUT2D eigenvalue weighted by molar-refractivity contribution is -0.126. The SMILES string of the molecule is CC(C)CC(CC(N)=O)C(C#N)(C#N)C(N)=O. The van der Waals surface area contributed by atoms with Crippen LogP contribution in [-0.4, -0.2) is 11.8 Å². The fraction of sp³-hybridized carbons (Fsp3) is 0.636. The number of amides is 2. The average Bonchev–Trinajstić information content (AvgIpc) is 2.17. The second-order valence-corrected chi connectivity index (χ2v) is 4.39. The zero-order chi connectivity index (χ0) is 13.6. The molecule has 1 atom stereocenters. The largest absolute Gasteiger partial charge is 0.370 e. The monoisotopic (exact) mass is 236 g/mol. The normalized spacial score (nSPS) is 12.5. The van der Waals surface area contributed by atoms with E-state index in [9.17, 15) is 9.59 Å². The quantitative estimate of drug-likeness (QED) is 0.673. The molecule has 2 amide bonds. The van der Waals surface area contributed by atoms with E-state index in [1.54, 1.807) is 12.1 Å². The second kappa shape index (κ2) is 5.86. The van der Waals surface area contributed by atoms with Gasteiger partial charge in [0.15, 0.2) is 0 Å². The number of nitrogens with two attached hydrogens (primary N) is 2. The van der Waals surface area contributed by atoms with E-state index in [4.69, 9.17) is 22.0 Å². The van der Waals surface area contributed by atoms with Gasteiger partial charge >= 0.3 is 0 Å². The Bertz CT molecular complexity index is 375. The minimum absolute atomic E-state index is 0.111. The fourth-order valence-electron chi connectivity index (χ4n) is 1.74. The van der Waals surface area contributed by atoms with Crippen LogP contribution in [0.1, 0.15) is 26.7 Å². The Morgan fingerprint density at radius 1 is 1.24 bits per heavy atom. The van der Waals surface area contributed by atoms with Gasteiger partial charge in [-0.25, -0.2) is 0 Å². The van der Waals surface area contributed by atoms with Crippen molar-refractivity contribution < 1.29 is 9.59 Å². The smallest absolute Gasteiger partial charge is 0.252 e. The highest BCUT2D eigenvalue weighted by atomic mass is 16.1. The van der Waals surface area contributed by atoms with E-state index in [-0.39, 0.29) is 12.3 Å². The lowest BCUT2D eigenvalue weighted by atomic mass is 9.71. The Morgan fingerprint density at radius 3 is 1.94 bits per heavy atom. The average molecular weight is 236 g/mol. The predicted octanol–water partition coefficient (Wildman–Crippen LogP) is 0.0430. The van der Waals surface area contributed by atoms with Gasteiger partial charge in [-0.3, -0.25) is 9.59 Å². The van der Waals surface area contributed by atoms with Crippen LogP contribution >= 0.6 is 0 Å². The summed E-state index contributed by atoms with van der Waals surface area (Å²) in [5.41, 5.74) is 8.19. The molecule has 0 fully saturated rings. The summed E-state index contributed by atoms with van der Waals surface area (Å²) in [6.45, 7) is 3.71. The Morgan fingerprint density at radius 2 is 1.71 bits per heavy atom. The highest BCUT2D eigenvalue weighted by molar-refractivity contribution is 5.88. The van der Waals surface area contributed by atoms with Crippen LogP contribution in [0, 0.1) is 39.9 Å². The van der Waals surface area contributed by atoms with Gasteiger partial charge in [-0.1, -0.05) is 13.8 Å². The molecule has 0 aliphatic rings. The van der Waals surface area contributed by atoms with E-state index in [1.165, 1.54) is 0 Å². The lowest BCUT2D eigenvalue weighted by Crippen LogP contribution is -2.43. The molecule has 0 rings (SSSR count). The number of carbonyl (C=O) groups excluding carboxylic acids is 2. The summed E-state index contributed by atoms with van der Waals surface area (Å²) in [7, 11) is 0. The summed E-state index contributed by atoms with van der Waals surface area (Å²) in [5.74, 6) is -2.35. The lowest BCUT2D eigenvalue weighted by Gasteiger charge is -2.26. The number of hydrogen-bond acceptors (Lipinski definition) is 4. The molecule has 1 unspecified atom stereocenters. The third kappa shape index (κ3) is 3.46. The third-order valence-electron chi connectivity index (χ3n) is 2.56. The van der Waals surface area contributed by atoms with Gasteiger partial charge in [0.2, 0.25) is 11.3 Å². The molecular weight excluding hydrogens is 220 g/mol. The third-order valence-corrected chi connectivity index (χ3v) is 2.56. The molecule has 6 nitrogen and oxygen atoms in total. The van der Waals surface area contributed by atoms with Gasteiger partial charge in [0.25, 0.3) is 5.91 Å². The summed E-state index contributed by atoms with van der Waals surface area (Å²) in [5, 5.41) is 18.0. The van der Waals surface area contributed by atoms with Crippen molar-refractivity contribution in [1.82, 2.24) is 0 Å². The van der Waals surface area contributed by atoms with Gasteiger partial charge < -0.3 is 11.5 Å². The first-order chi connectivity index (χ1) is 7.80. The number of primary amides is 2. The molecule has 92 valence electrons. The summed E-state index contributed by atoms with van der Waals surface area (Å²) >= 11 is 0. The van der Waals surface area contributed by atoms with Gasteiger partial charge in [0, 0.05) is 12.3 Å². The predicted molar refractivity (Wildman–Crippen MR) is 59.6 cm³/mol. The Balaban J connectivity index is 5.39. The molecular formula is C11H16N4O2. The molecule has 0 radical (unpaired) electrons. The first-order valence-electron chi connectivity index (χ1n) is 5.20. The summed E-state index contributed by atoms with van der Waals surface area (Å²) in [4.78, 5) is 22.3. The van der Waals surface area contributed by atoms with E-state index < -0.39 is 23.1 Å². The van der Waals surface area contributed by atoms with E-state index in [0.717, 1.165) is 0 Å². The van der Waals surface area contributed by atoms with E-state index >= 15 is 0 Å². The molecule has 17 heavy (non-hydrogen) atoms. The van der Waals surface area contributed by atoms with Crippen LogP contribution in [0.4, 0.5) is 0 Å². The highest BCUT2D eigenvalue weighted by Gasteiger charge is 2.46. The van der Waals surface area contributed by atoms with Crippen molar-refractivity contribution in [3.8, 4) is 12.1 Å². The number of rotatable bonds is 6. The van der Waals surface area contributed by atoms with Crippen molar-refractivity contribution in [1.29, 1.82) is 10.5 Å². The van der Waals surface area contributed by atoms with E-state index in [0.29, 0.717) is 6.42 Å². The highest BCUT2D eigenvalue weighted by Crippen LogP contribution is 2.34. The number of carbonyl (C=O) groups is 2. The van der Waals surface area contributed by atoms with Gasteiger partial charge in [-0.2, -0.15) is 10.5 Å². The van der Waals surface area contributed by atoms with Crippen molar-refractivity contribution in [3.05, 3.63) is 0 Å². The molecule has 6 heteroatoms. The fourth-order valence-corrected chi connectivity index (χ4v) is 1.74. The molecule has 0 aliphatic heterocycles. The minimum Gasteiger partial charge on any atom is -0.370 e. The first kappa shape index (κ1) is 14.9. The van der Waals surface area contributed by atoms with Crippen molar-refractivity contribution in [2.45, 2.75) is 26.7 Å². The van der Waals surface area contributed by atoms with Gasteiger partial charge in [-0.05, 0) is 12.3 Å². The minimum atomic E-state index is -1.99. The molecule has 0 spiro atoms. The zero-order valence-electron chi connectivity index (χ0n) is 9.93. The Hall–Kier alpha value is -2.08. The maximum atomic E-state index is 11.3. The zero-order valence-corrected chi connectivity index (χ0v) is 9.93. The van der Waals surface area contributed by atoms with Gasteiger partial charge in [0.1, 0.15) is 0 Å². The van der Waals surface area contributed by atoms with E-state index in [1.807, 2.05) is 13.8 Å². The molecule has 0 saturated heterocycles. The summed E-state index contributed by atoms with van der Waals surface area (Å²) in [6.07, 6.45) is 0.148. The molecule has 0 aromatic heterocycles. The maximum Gasteiger partial charge on any atom is 0.252 e. The second-order valence-electron chi connectivity index (χ2n) is 4.39. The van der Waals surface area contributed by atoms with Crippen molar-refractivity contribution in [2.24, 2.45) is 28.7 Å². The van der Waals surface area contributed by atoms with Crippen LogP contribution < -0.4 is 11.5 Å². The molecule has 0 aliphatic carbocycles. The number of hydrogen-bond donors (Lipinski definition) is 2. The van der Waals surface area contributed by atoms with Crippen LogP contribution in [0.15, 0.2) is 0 Å². The van der Waals surface area contributed by atoms with Crippen LogP contribution in [0.2, 0.25) is 0 Å². The molecule has 0 aromatic rings. The van der Waals surface area contributed by atoms with Crippen molar-refractivity contribution in [2.75, 3.05) is 0 Å². The van der Waals surface area contributed by atoms with Crippen molar-refractivity contribution >= 4 is 11.8 Å². The topological polar surface area (TPSA) is 134 Å². The van der Waals surface area contributed by atoms with Crippen LogP contribution in [0.25, 0.3) is 0 Å². The molecule has 0 heterocycles. The summed E-state index contributed by atoms with van der Waals surface area (Å²) in [6, 6.07) is 3.26. The summed E-state index contributed by atoms with van der Waals surface area (Å²) < 4.78 is 0. The standard InChI is InChI=1S/C11H16N4O2/c1-7(2)3-8(4-9(14)16)11(5-12,6-13)10(15)17/h7-8H,3-4H2,1-2H3,(H2,14,16)(H2,15,17). The van der Waals surface area contributed by atoms with Crippen LogP contribution in [0.5, 0.6) is 0 Å². The molecule has 0 aromatic carbocycles. The Kier molecular flexibility index (Phi) is 5.14. The molecule has 0 saturated carbocycles. The maximum absolute atomic E-state index is 11.3. The van der Waals surface area contributed by atoms with E-state index in [2.05, 4.69) is 0 Å².